The van der Waals surface area contributed by atoms with Crippen LogP contribution in [0, 0.1) is 0 Å². The third kappa shape index (κ3) is 4.30. The van der Waals surface area contributed by atoms with E-state index in [0.29, 0.717) is 13.1 Å². The second kappa shape index (κ2) is 9.34. The molecule has 1 aromatic carbocycles. The number of imidazole rings is 2. The fraction of sp³-hybridized carbons (Fsp3) is 0.375. The highest BCUT2D eigenvalue weighted by Crippen LogP contribution is 2.17. The monoisotopic (exact) mass is 476 g/mol. The van der Waals surface area contributed by atoms with Gasteiger partial charge in [-0.25, -0.2) is 14.8 Å². The molecule has 182 valence electrons. The van der Waals surface area contributed by atoms with E-state index >= 15 is 0 Å². The maximum absolute atomic E-state index is 13.0. The van der Waals surface area contributed by atoms with Crippen molar-refractivity contribution in [3.05, 3.63) is 69.9 Å². The van der Waals surface area contributed by atoms with Gasteiger partial charge in [0.1, 0.15) is 12.4 Å². The molecule has 3 aromatic heterocycles. The van der Waals surface area contributed by atoms with Gasteiger partial charge in [-0.3, -0.25) is 23.6 Å². The summed E-state index contributed by atoms with van der Waals surface area (Å²) in [4.78, 5) is 50.6. The summed E-state index contributed by atoms with van der Waals surface area (Å²) in [6.07, 6.45) is 5.27. The predicted octanol–water partition coefficient (Wildman–Crippen LogP) is 0.142. The molecular formula is C24H28N8O3. The van der Waals surface area contributed by atoms with E-state index in [0.717, 1.165) is 42.1 Å². The van der Waals surface area contributed by atoms with Crippen LogP contribution in [-0.4, -0.2) is 76.7 Å². The van der Waals surface area contributed by atoms with E-state index in [1.165, 1.54) is 22.5 Å². The van der Waals surface area contributed by atoms with E-state index < -0.39 is 11.2 Å². The molecule has 0 saturated carbocycles. The third-order valence-corrected chi connectivity index (χ3v) is 6.65. The number of fused-ring (bicyclic) bond motifs is 1. The van der Waals surface area contributed by atoms with Crippen LogP contribution in [-0.2, 0) is 32.0 Å². The highest BCUT2D eigenvalue weighted by atomic mass is 16.2. The number of aromatic nitrogens is 6. The Morgan fingerprint density at radius 1 is 0.914 bits per heavy atom. The maximum atomic E-state index is 13.0. The Balaban J connectivity index is 1.19. The molecule has 0 bridgehead atoms. The molecule has 0 unspecified atom stereocenters. The van der Waals surface area contributed by atoms with Gasteiger partial charge in [0, 0.05) is 71.3 Å². The smallest absolute Gasteiger partial charge is 0.332 e. The van der Waals surface area contributed by atoms with Gasteiger partial charge in [0.25, 0.3) is 5.56 Å². The molecule has 1 aliphatic rings. The predicted molar refractivity (Wildman–Crippen MR) is 131 cm³/mol. The van der Waals surface area contributed by atoms with Gasteiger partial charge in [-0.05, 0) is 0 Å². The third-order valence-electron chi connectivity index (χ3n) is 6.65. The highest BCUT2D eigenvalue weighted by molar-refractivity contribution is 5.79. The zero-order chi connectivity index (χ0) is 24.5. The minimum absolute atomic E-state index is 0.0133. The lowest BCUT2D eigenvalue weighted by atomic mass is 10.2. The van der Waals surface area contributed by atoms with Crippen LogP contribution in [0.3, 0.4) is 0 Å². The second-order valence-corrected chi connectivity index (χ2v) is 8.78. The summed E-state index contributed by atoms with van der Waals surface area (Å²) in [6.45, 7) is 4.51. The topological polar surface area (TPSA) is 103 Å². The van der Waals surface area contributed by atoms with Gasteiger partial charge in [-0.2, -0.15) is 0 Å². The van der Waals surface area contributed by atoms with Gasteiger partial charge in [-0.1, -0.05) is 30.3 Å². The van der Waals surface area contributed by atoms with Gasteiger partial charge < -0.3 is 14.0 Å². The van der Waals surface area contributed by atoms with E-state index in [2.05, 4.69) is 31.6 Å². The zero-order valence-electron chi connectivity index (χ0n) is 19.9. The van der Waals surface area contributed by atoms with Crippen molar-refractivity contribution in [3.8, 4) is 11.4 Å². The molecule has 5 rings (SSSR count). The fourth-order valence-corrected chi connectivity index (χ4v) is 4.57. The van der Waals surface area contributed by atoms with Crippen molar-refractivity contribution in [2.45, 2.75) is 13.1 Å². The van der Waals surface area contributed by atoms with Gasteiger partial charge in [0.05, 0.1) is 6.33 Å². The Labute approximate surface area is 201 Å². The van der Waals surface area contributed by atoms with Crippen LogP contribution in [0.5, 0.6) is 0 Å². The van der Waals surface area contributed by atoms with Crippen LogP contribution in [0.2, 0.25) is 0 Å². The first-order valence-electron chi connectivity index (χ1n) is 11.6. The van der Waals surface area contributed by atoms with Crippen molar-refractivity contribution >= 4 is 17.1 Å². The zero-order valence-corrected chi connectivity index (χ0v) is 19.9. The van der Waals surface area contributed by atoms with Crippen LogP contribution < -0.4 is 11.2 Å². The standard InChI is InChI=1S/C24H28N8O3/c1-27-22-20(23(34)28(2)24(27)35)32(17-26-22)16-19(33)30-13-10-29(11-14-30)12-15-31-9-8-25-21(31)18-6-4-3-5-7-18/h3-9,17H,10-16H2,1-2H3. The molecule has 1 amide bonds. The maximum Gasteiger partial charge on any atom is 0.332 e. The van der Waals surface area contributed by atoms with Crippen LogP contribution in [0.1, 0.15) is 0 Å². The van der Waals surface area contributed by atoms with E-state index in [1.54, 1.807) is 7.05 Å². The number of hydrogen-bond donors (Lipinski definition) is 0. The SMILES string of the molecule is Cn1c(=O)c2c(ncn2CC(=O)N2CCN(CCn3ccnc3-c3ccccc3)CC2)n(C)c1=O. The van der Waals surface area contributed by atoms with Gasteiger partial charge in [0.2, 0.25) is 5.91 Å². The molecule has 1 aliphatic heterocycles. The van der Waals surface area contributed by atoms with Gasteiger partial charge in [-0.15, -0.1) is 0 Å². The Morgan fingerprint density at radius 3 is 2.40 bits per heavy atom. The number of benzene rings is 1. The van der Waals surface area contributed by atoms with Crippen LogP contribution in [0.4, 0.5) is 0 Å². The number of rotatable bonds is 6. The molecule has 0 spiro atoms. The molecule has 35 heavy (non-hydrogen) atoms. The molecule has 1 saturated heterocycles. The van der Waals surface area contributed by atoms with Crippen molar-refractivity contribution in [1.29, 1.82) is 0 Å². The molecule has 11 heteroatoms. The average molecular weight is 477 g/mol. The number of carbonyl (C=O) groups excluding carboxylic acids is 1. The lowest BCUT2D eigenvalue weighted by Gasteiger charge is -2.35. The van der Waals surface area contributed by atoms with Crippen LogP contribution in [0.15, 0.2) is 58.6 Å². The largest absolute Gasteiger partial charge is 0.339 e. The molecule has 1 fully saturated rings. The molecule has 11 nitrogen and oxygen atoms in total. The molecule has 0 radical (unpaired) electrons. The Morgan fingerprint density at radius 2 is 1.66 bits per heavy atom. The summed E-state index contributed by atoms with van der Waals surface area (Å²) in [7, 11) is 2.99. The van der Waals surface area contributed by atoms with E-state index in [4.69, 9.17) is 0 Å². The highest BCUT2D eigenvalue weighted by Gasteiger charge is 2.23. The average Bonchev–Trinajstić information content (AvgIpc) is 3.53. The Hall–Kier alpha value is -3.99. The summed E-state index contributed by atoms with van der Waals surface area (Å²) in [5.74, 6) is 0.886. The number of aryl methyl sites for hydroxylation is 1. The fourth-order valence-electron chi connectivity index (χ4n) is 4.57. The normalized spacial score (nSPS) is 14.6. The van der Waals surface area contributed by atoms with Crippen molar-refractivity contribution in [2.75, 3.05) is 32.7 Å². The van der Waals surface area contributed by atoms with Gasteiger partial charge in [0.15, 0.2) is 11.2 Å². The minimum atomic E-state index is -0.451. The Kier molecular flexibility index (Phi) is 6.08. The van der Waals surface area contributed by atoms with E-state index in [9.17, 15) is 14.4 Å². The van der Waals surface area contributed by atoms with E-state index in [1.807, 2.05) is 35.5 Å². The van der Waals surface area contributed by atoms with Crippen molar-refractivity contribution in [2.24, 2.45) is 14.1 Å². The second-order valence-electron chi connectivity index (χ2n) is 8.78. The molecule has 0 aliphatic carbocycles. The minimum Gasteiger partial charge on any atom is -0.339 e. The first-order chi connectivity index (χ1) is 16.9. The quantitative estimate of drug-likeness (QED) is 0.392. The summed E-state index contributed by atoms with van der Waals surface area (Å²) in [5.41, 5.74) is 0.741. The van der Waals surface area contributed by atoms with Crippen molar-refractivity contribution in [3.63, 3.8) is 0 Å². The number of piperazine rings is 1. The number of hydrogen-bond acceptors (Lipinski definition) is 6. The summed E-state index contributed by atoms with van der Waals surface area (Å²) in [6, 6.07) is 10.1. The van der Waals surface area contributed by atoms with Crippen molar-refractivity contribution < 1.29 is 4.79 Å². The number of nitrogens with zero attached hydrogens (tertiary/aromatic N) is 8. The first-order valence-corrected chi connectivity index (χ1v) is 11.6. The summed E-state index contributed by atoms with van der Waals surface area (Å²) >= 11 is 0. The summed E-state index contributed by atoms with van der Waals surface area (Å²) < 4.78 is 6.05. The Bertz CT molecular complexity index is 1470. The molecule has 0 atom stereocenters. The first kappa shape index (κ1) is 22.8. The molecule has 4 heterocycles. The number of amides is 1. The van der Waals surface area contributed by atoms with Crippen LogP contribution in [0.25, 0.3) is 22.6 Å². The number of carbonyl (C=O) groups is 1. The van der Waals surface area contributed by atoms with Gasteiger partial charge >= 0.3 is 5.69 Å². The molecule has 0 N–H and O–H groups in total. The summed E-state index contributed by atoms with van der Waals surface area (Å²) in [5, 5.41) is 0. The molecular weight excluding hydrogens is 448 g/mol. The van der Waals surface area contributed by atoms with E-state index in [-0.39, 0.29) is 23.6 Å². The lowest BCUT2D eigenvalue weighted by Crippen LogP contribution is -2.50. The van der Waals surface area contributed by atoms with Crippen molar-refractivity contribution in [1.82, 2.24) is 38.0 Å². The molecule has 4 aromatic rings. The lowest BCUT2D eigenvalue weighted by molar-refractivity contribution is -0.133. The van der Waals surface area contributed by atoms with Crippen LogP contribution >= 0.6 is 0 Å².